The summed E-state index contributed by atoms with van der Waals surface area (Å²) in [4.78, 5) is 25.3. The van der Waals surface area contributed by atoms with Crippen LogP contribution in [0.5, 0.6) is 0 Å². The Kier molecular flexibility index (Phi) is 12.9. The van der Waals surface area contributed by atoms with Gasteiger partial charge >= 0.3 is 11.9 Å². The fourth-order valence-electron chi connectivity index (χ4n) is 3.95. The quantitative estimate of drug-likeness (QED) is 0.254. The van der Waals surface area contributed by atoms with E-state index in [1.165, 1.54) is 25.7 Å². The lowest BCUT2D eigenvalue weighted by molar-refractivity contribution is 0.0435. The van der Waals surface area contributed by atoms with E-state index in [-0.39, 0.29) is 11.1 Å². The van der Waals surface area contributed by atoms with Crippen molar-refractivity contribution in [2.24, 2.45) is 22.7 Å². The maximum Gasteiger partial charge on any atom is 0.339 e. The van der Waals surface area contributed by atoms with Crippen molar-refractivity contribution >= 4 is 11.9 Å². The van der Waals surface area contributed by atoms with Gasteiger partial charge in [0.1, 0.15) is 0 Å². The molecule has 0 saturated carbocycles. The number of carbonyl (C=O) groups is 2. The van der Waals surface area contributed by atoms with Crippen LogP contribution >= 0.6 is 0 Å². The van der Waals surface area contributed by atoms with E-state index in [1.807, 2.05) is 0 Å². The Morgan fingerprint density at radius 1 is 0.676 bits per heavy atom. The van der Waals surface area contributed by atoms with Gasteiger partial charge in [0.25, 0.3) is 0 Å². The van der Waals surface area contributed by atoms with Gasteiger partial charge in [0.2, 0.25) is 0 Å². The second kappa shape index (κ2) is 14.5. The number of carbonyl (C=O) groups excluding carboxylic acids is 2. The van der Waals surface area contributed by atoms with Crippen LogP contribution in [0.4, 0.5) is 0 Å². The van der Waals surface area contributed by atoms with Crippen molar-refractivity contribution in [2.75, 3.05) is 13.2 Å². The van der Waals surface area contributed by atoms with E-state index >= 15 is 0 Å². The minimum Gasteiger partial charge on any atom is -0.462 e. The SMILES string of the molecule is CC(CCCC(C)(C)C)CCOC(=O)c1ccccc1C(=O)OCCC(C)CCCC(C)(C)C. The number of esters is 2. The predicted octanol–water partition coefficient (Wildman–Crippen LogP) is 8.49. The largest absolute Gasteiger partial charge is 0.462 e. The van der Waals surface area contributed by atoms with Crippen LogP contribution in [0.15, 0.2) is 24.3 Å². The van der Waals surface area contributed by atoms with Crippen molar-refractivity contribution in [1.82, 2.24) is 0 Å². The van der Waals surface area contributed by atoms with Gasteiger partial charge in [0.15, 0.2) is 0 Å². The Labute approximate surface area is 209 Å². The third-order valence-electron chi connectivity index (χ3n) is 6.30. The van der Waals surface area contributed by atoms with Crippen LogP contribution in [0.25, 0.3) is 0 Å². The van der Waals surface area contributed by atoms with E-state index < -0.39 is 11.9 Å². The maximum absolute atomic E-state index is 12.6. The summed E-state index contributed by atoms with van der Waals surface area (Å²) in [6.07, 6.45) is 8.68. The first kappa shape index (κ1) is 30.2. The molecule has 0 fully saturated rings. The van der Waals surface area contributed by atoms with E-state index in [2.05, 4.69) is 55.4 Å². The van der Waals surface area contributed by atoms with E-state index in [1.54, 1.807) is 24.3 Å². The third-order valence-corrected chi connectivity index (χ3v) is 6.30. The molecule has 0 N–H and O–H groups in total. The molecule has 2 atom stereocenters. The minimum atomic E-state index is -0.454. The van der Waals surface area contributed by atoms with E-state index in [0.29, 0.717) is 35.9 Å². The van der Waals surface area contributed by atoms with E-state index in [4.69, 9.17) is 9.47 Å². The molecule has 1 aromatic carbocycles. The highest BCUT2D eigenvalue weighted by Crippen LogP contribution is 2.25. The average Bonchev–Trinajstić information content (AvgIpc) is 2.71. The van der Waals surface area contributed by atoms with Gasteiger partial charge < -0.3 is 9.47 Å². The Morgan fingerprint density at radius 3 is 1.35 bits per heavy atom. The Bertz CT molecular complexity index is 676. The highest BCUT2D eigenvalue weighted by molar-refractivity contribution is 6.03. The summed E-state index contributed by atoms with van der Waals surface area (Å²) in [5.74, 6) is 0.0940. The molecule has 0 saturated heterocycles. The fourth-order valence-corrected chi connectivity index (χ4v) is 3.95. The first-order chi connectivity index (χ1) is 15.8. The summed E-state index contributed by atoms with van der Waals surface area (Å²) in [5.41, 5.74) is 1.28. The normalized spacial score (nSPS) is 13.9. The molecule has 0 heterocycles. The standard InChI is InChI=1S/C30H50O4/c1-23(13-11-19-29(3,4)5)17-21-33-27(31)25-15-9-10-16-26(25)28(32)34-22-18-24(2)14-12-20-30(6,7)8/h9-10,15-16,23-24H,11-14,17-22H2,1-8H3. The lowest BCUT2D eigenvalue weighted by atomic mass is 9.88. The predicted molar refractivity (Wildman–Crippen MR) is 141 cm³/mol. The number of hydrogen-bond acceptors (Lipinski definition) is 4. The van der Waals surface area contributed by atoms with Crippen LogP contribution in [-0.2, 0) is 9.47 Å². The second-order valence-corrected chi connectivity index (χ2v) is 12.5. The van der Waals surface area contributed by atoms with Crippen molar-refractivity contribution in [2.45, 2.75) is 107 Å². The molecule has 0 aromatic heterocycles. The zero-order valence-electron chi connectivity index (χ0n) is 23.2. The van der Waals surface area contributed by atoms with Crippen LogP contribution in [0, 0.1) is 22.7 Å². The molecular formula is C30H50O4. The van der Waals surface area contributed by atoms with Crippen LogP contribution in [-0.4, -0.2) is 25.2 Å². The molecule has 0 aliphatic rings. The molecule has 4 nitrogen and oxygen atoms in total. The van der Waals surface area contributed by atoms with Crippen LogP contribution in [0.2, 0.25) is 0 Å². The molecule has 4 heteroatoms. The van der Waals surface area contributed by atoms with E-state index in [9.17, 15) is 9.59 Å². The zero-order valence-corrected chi connectivity index (χ0v) is 23.2. The molecule has 0 radical (unpaired) electrons. The molecule has 34 heavy (non-hydrogen) atoms. The average molecular weight is 475 g/mol. The smallest absolute Gasteiger partial charge is 0.339 e. The molecule has 2 unspecified atom stereocenters. The minimum absolute atomic E-state index is 0.283. The first-order valence-electron chi connectivity index (χ1n) is 13.2. The third kappa shape index (κ3) is 13.8. The Balaban J connectivity index is 2.44. The summed E-state index contributed by atoms with van der Waals surface area (Å²) < 4.78 is 11.0. The number of rotatable bonds is 14. The number of ether oxygens (including phenoxy) is 2. The Morgan fingerprint density at radius 2 is 1.03 bits per heavy atom. The summed E-state index contributed by atoms with van der Waals surface area (Å²) in [6.45, 7) is 18.7. The van der Waals surface area contributed by atoms with Crippen molar-refractivity contribution in [3.8, 4) is 0 Å². The number of benzene rings is 1. The topological polar surface area (TPSA) is 52.6 Å². The van der Waals surface area contributed by atoms with Gasteiger partial charge in [-0.2, -0.15) is 0 Å². The Hall–Kier alpha value is -1.84. The van der Waals surface area contributed by atoms with Crippen LogP contribution in [0.1, 0.15) is 127 Å². The zero-order chi connectivity index (χ0) is 25.8. The van der Waals surface area contributed by atoms with Gasteiger partial charge in [-0.1, -0.05) is 93.2 Å². The highest BCUT2D eigenvalue weighted by Gasteiger charge is 2.20. The molecular weight excluding hydrogens is 424 g/mol. The fraction of sp³-hybridized carbons (Fsp3) is 0.733. The van der Waals surface area contributed by atoms with Crippen LogP contribution in [0.3, 0.4) is 0 Å². The second-order valence-electron chi connectivity index (χ2n) is 12.5. The molecule has 0 bridgehead atoms. The van der Waals surface area contributed by atoms with Gasteiger partial charge in [-0.3, -0.25) is 0 Å². The van der Waals surface area contributed by atoms with Crippen molar-refractivity contribution < 1.29 is 19.1 Å². The molecule has 1 aromatic rings. The monoisotopic (exact) mass is 474 g/mol. The molecule has 194 valence electrons. The molecule has 0 spiro atoms. The lowest BCUT2D eigenvalue weighted by Crippen LogP contribution is -2.16. The molecule has 1 rings (SSSR count). The van der Waals surface area contributed by atoms with Gasteiger partial charge in [-0.05, 0) is 60.5 Å². The summed E-state index contributed by atoms with van der Waals surface area (Å²) in [5, 5.41) is 0. The lowest BCUT2D eigenvalue weighted by Gasteiger charge is -2.19. The van der Waals surface area contributed by atoms with Gasteiger partial charge in [-0.25, -0.2) is 9.59 Å². The summed E-state index contributed by atoms with van der Waals surface area (Å²) in [6, 6.07) is 6.78. The summed E-state index contributed by atoms with van der Waals surface area (Å²) in [7, 11) is 0. The molecule has 0 amide bonds. The molecule has 0 aliphatic heterocycles. The first-order valence-corrected chi connectivity index (χ1v) is 13.2. The van der Waals surface area contributed by atoms with Crippen molar-refractivity contribution in [1.29, 1.82) is 0 Å². The van der Waals surface area contributed by atoms with E-state index in [0.717, 1.165) is 25.7 Å². The van der Waals surface area contributed by atoms with Crippen molar-refractivity contribution in [3.05, 3.63) is 35.4 Å². The highest BCUT2D eigenvalue weighted by atomic mass is 16.5. The maximum atomic E-state index is 12.6. The van der Waals surface area contributed by atoms with Crippen LogP contribution < -0.4 is 0 Å². The summed E-state index contributed by atoms with van der Waals surface area (Å²) >= 11 is 0. The van der Waals surface area contributed by atoms with Crippen molar-refractivity contribution in [3.63, 3.8) is 0 Å². The molecule has 0 aliphatic carbocycles. The van der Waals surface area contributed by atoms with Gasteiger partial charge in [0.05, 0.1) is 24.3 Å². The number of hydrogen-bond donors (Lipinski definition) is 0. The van der Waals surface area contributed by atoms with Gasteiger partial charge in [0, 0.05) is 0 Å². The van der Waals surface area contributed by atoms with Gasteiger partial charge in [-0.15, -0.1) is 0 Å².